The molecule has 1 heterocycles. The SMILES string of the molecule is O=C(NCc1ccc(OCc2cccc(F)c2)cc1)c1cccnc1Cl. The maximum atomic E-state index is 13.1. The summed E-state index contributed by atoms with van der Waals surface area (Å²) in [5, 5.41) is 2.97. The number of halogens is 2. The highest BCUT2D eigenvalue weighted by atomic mass is 35.5. The number of carbonyl (C=O) groups excluding carboxylic acids is 1. The van der Waals surface area contributed by atoms with Crippen molar-refractivity contribution in [3.05, 3.63) is 94.5 Å². The third kappa shape index (κ3) is 4.80. The molecule has 0 aliphatic heterocycles. The van der Waals surface area contributed by atoms with Gasteiger partial charge in [-0.15, -0.1) is 0 Å². The Morgan fingerprint density at radius 2 is 1.88 bits per heavy atom. The molecule has 0 aliphatic carbocycles. The van der Waals surface area contributed by atoms with Crippen LogP contribution in [0.4, 0.5) is 4.39 Å². The van der Waals surface area contributed by atoms with Crippen molar-refractivity contribution in [1.29, 1.82) is 0 Å². The van der Waals surface area contributed by atoms with Crippen LogP contribution < -0.4 is 10.1 Å². The van der Waals surface area contributed by atoms with Crippen LogP contribution in [-0.4, -0.2) is 10.9 Å². The van der Waals surface area contributed by atoms with Crippen molar-refractivity contribution in [1.82, 2.24) is 10.3 Å². The first-order chi connectivity index (χ1) is 12.6. The highest BCUT2D eigenvalue weighted by molar-refractivity contribution is 6.32. The van der Waals surface area contributed by atoms with Gasteiger partial charge in [-0.2, -0.15) is 0 Å². The minimum absolute atomic E-state index is 0.172. The second kappa shape index (κ2) is 8.45. The zero-order chi connectivity index (χ0) is 18.4. The standard InChI is InChI=1S/C20H16ClFN2O2/c21-19-18(5-2-10-23-19)20(25)24-12-14-6-8-17(9-7-14)26-13-15-3-1-4-16(22)11-15/h1-11H,12-13H2,(H,24,25). The average molecular weight is 371 g/mol. The third-order valence-corrected chi connectivity index (χ3v) is 3.98. The van der Waals surface area contributed by atoms with Crippen molar-refractivity contribution in [3.63, 3.8) is 0 Å². The van der Waals surface area contributed by atoms with E-state index >= 15 is 0 Å². The van der Waals surface area contributed by atoms with E-state index in [0.717, 1.165) is 11.1 Å². The van der Waals surface area contributed by atoms with Crippen LogP contribution in [0, 0.1) is 5.82 Å². The highest BCUT2D eigenvalue weighted by Gasteiger charge is 2.10. The second-order valence-electron chi connectivity index (χ2n) is 5.59. The fourth-order valence-corrected chi connectivity index (χ4v) is 2.54. The van der Waals surface area contributed by atoms with Crippen LogP contribution in [0.15, 0.2) is 66.9 Å². The van der Waals surface area contributed by atoms with E-state index in [9.17, 15) is 9.18 Å². The zero-order valence-electron chi connectivity index (χ0n) is 13.8. The highest BCUT2D eigenvalue weighted by Crippen LogP contribution is 2.15. The van der Waals surface area contributed by atoms with E-state index in [1.807, 2.05) is 12.1 Å². The molecule has 0 atom stereocenters. The lowest BCUT2D eigenvalue weighted by Crippen LogP contribution is -2.23. The van der Waals surface area contributed by atoms with E-state index in [4.69, 9.17) is 16.3 Å². The molecule has 0 saturated heterocycles. The van der Waals surface area contributed by atoms with Crippen molar-refractivity contribution in [2.75, 3.05) is 0 Å². The summed E-state index contributed by atoms with van der Waals surface area (Å²) in [6, 6.07) is 16.9. The summed E-state index contributed by atoms with van der Waals surface area (Å²) in [5.74, 6) is 0.0973. The molecule has 1 aromatic heterocycles. The van der Waals surface area contributed by atoms with Crippen LogP contribution in [0.3, 0.4) is 0 Å². The Balaban J connectivity index is 1.53. The molecule has 0 bridgehead atoms. The van der Waals surface area contributed by atoms with Crippen molar-refractivity contribution >= 4 is 17.5 Å². The second-order valence-corrected chi connectivity index (χ2v) is 5.95. The monoisotopic (exact) mass is 370 g/mol. The minimum atomic E-state index is -0.286. The largest absolute Gasteiger partial charge is 0.489 e. The molecule has 0 aliphatic rings. The van der Waals surface area contributed by atoms with Crippen molar-refractivity contribution in [3.8, 4) is 5.75 Å². The van der Waals surface area contributed by atoms with Gasteiger partial charge in [-0.1, -0.05) is 35.9 Å². The van der Waals surface area contributed by atoms with E-state index in [1.54, 1.807) is 36.4 Å². The molecule has 0 spiro atoms. The molecule has 3 rings (SSSR count). The topological polar surface area (TPSA) is 51.2 Å². The van der Waals surface area contributed by atoms with E-state index in [1.165, 1.54) is 18.3 Å². The van der Waals surface area contributed by atoms with Gasteiger partial charge in [-0.05, 0) is 47.5 Å². The van der Waals surface area contributed by atoms with Crippen LogP contribution >= 0.6 is 11.6 Å². The number of ether oxygens (including phenoxy) is 1. The molecular weight excluding hydrogens is 355 g/mol. The molecular formula is C20H16ClFN2O2. The number of amides is 1. The van der Waals surface area contributed by atoms with Gasteiger partial charge in [0.2, 0.25) is 0 Å². The van der Waals surface area contributed by atoms with E-state index in [2.05, 4.69) is 10.3 Å². The molecule has 132 valence electrons. The van der Waals surface area contributed by atoms with Gasteiger partial charge < -0.3 is 10.1 Å². The summed E-state index contributed by atoms with van der Waals surface area (Å²) in [4.78, 5) is 16.0. The predicted octanol–water partition coefficient (Wildman–Crippen LogP) is 4.38. The first-order valence-electron chi connectivity index (χ1n) is 7.97. The molecule has 2 aromatic carbocycles. The summed E-state index contributed by atoms with van der Waals surface area (Å²) < 4.78 is 18.8. The normalized spacial score (nSPS) is 10.4. The molecule has 26 heavy (non-hydrogen) atoms. The first kappa shape index (κ1) is 17.9. The van der Waals surface area contributed by atoms with E-state index < -0.39 is 0 Å². The number of pyridine rings is 1. The molecule has 3 aromatic rings. The van der Waals surface area contributed by atoms with Crippen LogP contribution in [-0.2, 0) is 13.2 Å². The summed E-state index contributed by atoms with van der Waals surface area (Å²) in [6.07, 6.45) is 1.53. The molecule has 4 nitrogen and oxygen atoms in total. The quantitative estimate of drug-likeness (QED) is 0.655. The number of hydrogen-bond acceptors (Lipinski definition) is 3. The fraction of sp³-hybridized carbons (Fsp3) is 0.100. The van der Waals surface area contributed by atoms with Crippen molar-refractivity contribution in [2.45, 2.75) is 13.2 Å². The van der Waals surface area contributed by atoms with Crippen LogP contribution in [0.1, 0.15) is 21.5 Å². The lowest BCUT2D eigenvalue weighted by molar-refractivity contribution is 0.0950. The number of nitrogens with one attached hydrogen (secondary N) is 1. The Morgan fingerprint density at radius 3 is 2.62 bits per heavy atom. The van der Waals surface area contributed by atoms with E-state index in [-0.39, 0.29) is 23.5 Å². The Kier molecular flexibility index (Phi) is 5.81. The maximum absolute atomic E-state index is 13.1. The molecule has 6 heteroatoms. The minimum Gasteiger partial charge on any atom is -0.489 e. The molecule has 0 fully saturated rings. The Morgan fingerprint density at radius 1 is 1.08 bits per heavy atom. The zero-order valence-corrected chi connectivity index (χ0v) is 14.5. The molecule has 1 N–H and O–H groups in total. The predicted molar refractivity (Wildman–Crippen MR) is 97.6 cm³/mol. The van der Waals surface area contributed by atoms with Crippen LogP contribution in [0.25, 0.3) is 0 Å². The molecule has 0 saturated carbocycles. The van der Waals surface area contributed by atoms with Gasteiger partial charge >= 0.3 is 0 Å². The number of carbonyl (C=O) groups is 1. The number of nitrogens with zero attached hydrogens (tertiary/aromatic N) is 1. The van der Waals surface area contributed by atoms with Gasteiger partial charge in [-0.25, -0.2) is 9.37 Å². The Bertz CT molecular complexity index is 900. The number of rotatable bonds is 6. The summed E-state index contributed by atoms with van der Waals surface area (Å²) in [6.45, 7) is 0.640. The Labute approximate surface area is 155 Å². The lowest BCUT2D eigenvalue weighted by Gasteiger charge is -2.09. The van der Waals surface area contributed by atoms with Gasteiger partial charge in [0.15, 0.2) is 0 Å². The van der Waals surface area contributed by atoms with E-state index in [0.29, 0.717) is 17.9 Å². The van der Waals surface area contributed by atoms with Gasteiger partial charge in [0.25, 0.3) is 5.91 Å². The smallest absolute Gasteiger partial charge is 0.254 e. The van der Waals surface area contributed by atoms with Gasteiger partial charge in [0, 0.05) is 12.7 Å². The summed E-state index contributed by atoms with van der Waals surface area (Å²) in [5.41, 5.74) is 2.01. The lowest BCUT2D eigenvalue weighted by atomic mass is 10.2. The van der Waals surface area contributed by atoms with Gasteiger partial charge in [0.1, 0.15) is 23.3 Å². The molecule has 1 amide bonds. The van der Waals surface area contributed by atoms with Gasteiger partial charge in [-0.3, -0.25) is 4.79 Å². The average Bonchev–Trinajstić information content (AvgIpc) is 2.66. The Hall–Kier alpha value is -2.92. The molecule has 0 unspecified atom stereocenters. The van der Waals surface area contributed by atoms with Gasteiger partial charge in [0.05, 0.1) is 5.56 Å². The third-order valence-electron chi connectivity index (χ3n) is 3.67. The molecule has 0 radical (unpaired) electrons. The number of hydrogen-bond donors (Lipinski definition) is 1. The van der Waals surface area contributed by atoms with Crippen molar-refractivity contribution < 1.29 is 13.9 Å². The fourth-order valence-electron chi connectivity index (χ4n) is 2.33. The number of benzene rings is 2. The van der Waals surface area contributed by atoms with Crippen molar-refractivity contribution in [2.24, 2.45) is 0 Å². The summed E-state index contributed by atoms with van der Waals surface area (Å²) in [7, 11) is 0. The number of aromatic nitrogens is 1. The van der Waals surface area contributed by atoms with Crippen LogP contribution in [0.5, 0.6) is 5.75 Å². The first-order valence-corrected chi connectivity index (χ1v) is 8.34. The van der Waals surface area contributed by atoms with Crippen LogP contribution in [0.2, 0.25) is 5.15 Å². The summed E-state index contributed by atoms with van der Waals surface area (Å²) >= 11 is 5.90. The maximum Gasteiger partial charge on any atom is 0.254 e.